The number of ether oxygens (including phenoxy) is 3. The van der Waals surface area contributed by atoms with Crippen molar-refractivity contribution in [3.8, 4) is 17.2 Å². The Hall–Kier alpha value is -2.28. The summed E-state index contributed by atoms with van der Waals surface area (Å²) in [6, 6.07) is 14.3. The van der Waals surface area contributed by atoms with Crippen LogP contribution in [0.2, 0.25) is 0 Å². The molecule has 6 nitrogen and oxygen atoms in total. The zero-order valence-electron chi connectivity index (χ0n) is 14.7. The van der Waals surface area contributed by atoms with Gasteiger partial charge in [-0.1, -0.05) is 6.07 Å². The van der Waals surface area contributed by atoms with Crippen molar-refractivity contribution >= 4 is 24.0 Å². The van der Waals surface area contributed by atoms with Crippen LogP contribution in [0, 0.1) is 0 Å². The standard InChI is InChI=1S/C19H22N2O4.ClH/c1-13-18(20-10-11-24-13)19(22)21-14-6-8-15(9-7-14)25-17-5-3-4-16(12-17)23-2;/h3-9,12-13,18,20H,10-11H2,1-2H3,(H,21,22);1H/t13-,18+;/m1./s1. The van der Waals surface area contributed by atoms with Crippen LogP contribution in [0.15, 0.2) is 48.5 Å². The Morgan fingerprint density at radius 2 is 1.88 bits per heavy atom. The summed E-state index contributed by atoms with van der Waals surface area (Å²) in [5, 5.41) is 6.06. The summed E-state index contributed by atoms with van der Waals surface area (Å²) in [7, 11) is 1.61. The van der Waals surface area contributed by atoms with Crippen molar-refractivity contribution in [3.63, 3.8) is 0 Å². The third-order valence-corrected chi connectivity index (χ3v) is 4.00. The second-order valence-corrected chi connectivity index (χ2v) is 5.80. The van der Waals surface area contributed by atoms with Crippen molar-refractivity contribution in [1.82, 2.24) is 5.32 Å². The van der Waals surface area contributed by atoms with E-state index < -0.39 is 0 Å². The summed E-state index contributed by atoms with van der Waals surface area (Å²) in [4.78, 5) is 12.3. The molecule has 2 atom stereocenters. The first-order valence-corrected chi connectivity index (χ1v) is 8.23. The van der Waals surface area contributed by atoms with Crippen molar-refractivity contribution in [2.45, 2.75) is 19.1 Å². The molecule has 1 amide bonds. The zero-order chi connectivity index (χ0) is 17.6. The minimum atomic E-state index is -0.346. The first kappa shape index (κ1) is 20.0. The quantitative estimate of drug-likeness (QED) is 0.836. The van der Waals surface area contributed by atoms with Gasteiger partial charge in [0.15, 0.2) is 0 Å². The van der Waals surface area contributed by atoms with Crippen LogP contribution < -0.4 is 20.1 Å². The van der Waals surface area contributed by atoms with Crippen LogP contribution >= 0.6 is 12.4 Å². The molecule has 2 N–H and O–H groups in total. The highest BCUT2D eigenvalue weighted by molar-refractivity contribution is 5.95. The molecule has 0 aromatic heterocycles. The lowest BCUT2D eigenvalue weighted by Crippen LogP contribution is -2.53. The number of morpholine rings is 1. The lowest BCUT2D eigenvalue weighted by Gasteiger charge is -2.29. The number of rotatable bonds is 5. The molecule has 26 heavy (non-hydrogen) atoms. The number of hydrogen-bond acceptors (Lipinski definition) is 5. The number of anilines is 1. The van der Waals surface area contributed by atoms with E-state index in [1.54, 1.807) is 7.11 Å². The van der Waals surface area contributed by atoms with Gasteiger partial charge in [-0.05, 0) is 43.3 Å². The third kappa shape index (κ3) is 5.11. The lowest BCUT2D eigenvalue weighted by molar-refractivity contribution is -0.123. The monoisotopic (exact) mass is 378 g/mol. The van der Waals surface area contributed by atoms with E-state index in [1.165, 1.54) is 0 Å². The molecule has 0 bridgehead atoms. The molecule has 1 aliphatic rings. The molecule has 1 aliphatic heterocycles. The summed E-state index contributed by atoms with van der Waals surface area (Å²) in [6.45, 7) is 3.19. The average molecular weight is 379 g/mol. The molecule has 0 spiro atoms. The second kappa shape index (κ2) is 9.43. The molecular formula is C19H23ClN2O4. The maximum absolute atomic E-state index is 12.3. The van der Waals surface area contributed by atoms with Gasteiger partial charge in [0.05, 0.1) is 19.8 Å². The molecule has 1 saturated heterocycles. The van der Waals surface area contributed by atoms with Gasteiger partial charge in [-0.2, -0.15) is 0 Å². The molecule has 0 aliphatic carbocycles. The fourth-order valence-electron chi connectivity index (χ4n) is 2.65. The van der Waals surface area contributed by atoms with Crippen molar-refractivity contribution in [2.75, 3.05) is 25.6 Å². The summed E-state index contributed by atoms with van der Waals surface area (Å²) in [5.41, 5.74) is 0.711. The molecule has 7 heteroatoms. The fraction of sp³-hybridized carbons (Fsp3) is 0.316. The normalized spacial score (nSPS) is 19.2. The molecule has 1 heterocycles. The number of halogens is 1. The molecule has 2 aromatic carbocycles. The maximum Gasteiger partial charge on any atom is 0.244 e. The first-order valence-electron chi connectivity index (χ1n) is 8.23. The van der Waals surface area contributed by atoms with Gasteiger partial charge < -0.3 is 24.8 Å². The predicted molar refractivity (Wildman–Crippen MR) is 103 cm³/mol. The molecular weight excluding hydrogens is 356 g/mol. The van der Waals surface area contributed by atoms with E-state index >= 15 is 0 Å². The van der Waals surface area contributed by atoms with Crippen LogP contribution in [-0.2, 0) is 9.53 Å². The van der Waals surface area contributed by atoms with Crippen LogP contribution in [0.1, 0.15) is 6.92 Å². The van der Waals surface area contributed by atoms with E-state index in [4.69, 9.17) is 14.2 Å². The van der Waals surface area contributed by atoms with E-state index in [2.05, 4.69) is 10.6 Å². The molecule has 0 unspecified atom stereocenters. The highest BCUT2D eigenvalue weighted by Gasteiger charge is 2.28. The Morgan fingerprint density at radius 3 is 2.58 bits per heavy atom. The highest BCUT2D eigenvalue weighted by atomic mass is 35.5. The van der Waals surface area contributed by atoms with Crippen LogP contribution in [0.3, 0.4) is 0 Å². The van der Waals surface area contributed by atoms with Crippen molar-refractivity contribution in [1.29, 1.82) is 0 Å². The van der Waals surface area contributed by atoms with Crippen LogP contribution in [0.5, 0.6) is 17.2 Å². The second-order valence-electron chi connectivity index (χ2n) is 5.80. The van der Waals surface area contributed by atoms with Gasteiger partial charge in [0.2, 0.25) is 5.91 Å². The van der Waals surface area contributed by atoms with Gasteiger partial charge in [0.1, 0.15) is 23.3 Å². The molecule has 2 aromatic rings. The van der Waals surface area contributed by atoms with E-state index in [0.717, 1.165) is 5.75 Å². The minimum absolute atomic E-state index is 0. The smallest absolute Gasteiger partial charge is 0.244 e. The number of carbonyl (C=O) groups is 1. The van der Waals surface area contributed by atoms with E-state index in [-0.39, 0.29) is 30.5 Å². The van der Waals surface area contributed by atoms with E-state index in [1.807, 2.05) is 55.5 Å². The topological polar surface area (TPSA) is 68.8 Å². The third-order valence-electron chi connectivity index (χ3n) is 4.00. The minimum Gasteiger partial charge on any atom is -0.497 e. The number of nitrogens with one attached hydrogen (secondary N) is 2. The van der Waals surface area contributed by atoms with E-state index in [0.29, 0.717) is 30.3 Å². The Labute approximate surface area is 159 Å². The van der Waals surface area contributed by atoms with Crippen LogP contribution in [0.4, 0.5) is 5.69 Å². The average Bonchev–Trinajstić information content (AvgIpc) is 2.64. The number of hydrogen-bond donors (Lipinski definition) is 2. The SMILES string of the molecule is COc1cccc(Oc2ccc(NC(=O)[C@H]3NCCO[C@@H]3C)cc2)c1.Cl. The predicted octanol–water partition coefficient (Wildman–Crippen LogP) is 3.22. The van der Waals surface area contributed by atoms with Gasteiger partial charge in [-0.3, -0.25) is 4.79 Å². The molecule has 0 saturated carbocycles. The summed E-state index contributed by atoms with van der Waals surface area (Å²) in [5.74, 6) is 2.00. The van der Waals surface area contributed by atoms with Crippen LogP contribution in [0.25, 0.3) is 0 Å². The summed E-state index contributed by atoms with van der Waals surface area (Å²) in [6.07, 6.45) is -0.149. The van der Waals surface area contributed by atoms with Gasteiger partial charge in [0, 0.05) is 18.3 Å². The number of benzene rings is 2. The van der Waals surface area contributed by atoms with Gasteiger partial charge >= 0.3 is 0 Å². The van der Waals surface area contributed by atoms with Crippen molar-refractivity contribution < 1.29 is 19.0 Å². The highest BCUT2D eigenvalue weighted by Crippen LogP contribution is 2.26. The molecule has 1 fully saturated rings. The van der Waals surface area contributed by atoms with E-state index in [9.17, 15) is 4.79 Å². The Balaban J connectivity index is 0.00000243. The summed E-state index contributed by atoms with van der Waals surface area (Å²) >= 11 is 0. The first-order chi connectivity index (χ1) is 12.2. The van der Waals surface area contributed by atoms with Gasteiger partial charge in [-0.25, -0.2) is 0 Å². The largest absolute Gasteiger partial charge is 0.497 e. The lowest BCUT2D eigenvalue weighted by atomic mass is 10.1. The molecule has 3 rings (SSSR count). The Kier molecular flexibility index (Phi) is 7.26. The Bertz CT molecular complexity index is 724. The number of methoxy groups -OCH3 is 1. The number of carbonyl (C=O) groups excluding carboxylic acids is 1. The van der Waals surface area contributed by atoms with Gasteiger partial charge in [-0.15, -0.1) is 12.4 Å². The van der Waals surface area contributed by atoms with Crippen molar-refractivity contribution in [3.05, 3.63) is 48.5 Å². The van der Waals surface area contributed by atoms with Crippen LogP contribution in [-0.4, -0.2) is 38.3 Å². The van der Waals surface area contributed by atoms with Gasteiger partial charge in [0.25, 0.3) is 0 Å². The maximum atomic E-state index is 12.3. The van der Waals surface area contributed by atoms with Crippen molar-refractivity contribution in [2.24, 2.45) is 0 Å². The number of amides is 1. The summed E-state index contributed by atoms with van der Waals surface area (Å²) < 4.78 is 16.5. The zero-order valence-corrected chi connectivity index (χ0v) is 15.5. The fourth-order valence-corrected chi connectivity index (χ4v) is 2.65. The molecule has 0 radical (unpaired) electrons. The molecule has 140 valence electrons. The Morgan fingerprint density at radius 1 is 1.15 bits per heavy atom.